The van der Waals surface area contributed by atoms with Crippen LogP contribution in [0.5, 0.6) is 0 Å². The van der Waals surface area contributed by atoms with Crippen molar-refractivity contribution in [3.05, 3.63) is 102 Å². The molecule has 0 spiro atoms. The lowest BCUT2D eigenvalue weighted by atomic mass is 9.94. The first-order valence-corrected chi connectivity index (χ1v) is 10.8. The molecule has 0 fully saturated rings. The molecular formula is C26H23N3O4. The number of benzene rings is 2. The highest BCUT2D eigenvalue weighted by Gasteiger charge is 2.44. The minimum Gasteiger partial charge on any atom is -0.503 e. The Bertz CT molecular complexity index is 1320. The Morgan fingerprint density at radius 2 is 1.91 bits per heavy atom. The van der Waals surface area contributed by atoms with Crippen molar-refractivity contribution in [1.29, 1.82) is 0 Å². The van der Waals surface area contributed by atoms with E-state index in [1.165, 1.54) is 0 Å². The van der Waals surface area contributed by atoms with Crippen molar-refractivity contribution >= 4 is 22.7 Å². The number of carbonyl (C=O) groups is 2. The Balaban J connectivity index is 1.50. The van der Waals surface area contributed by atoms with Crippen LogP contribution < -0.4 is 0 Å². The standard InChI is InChI=1S/C26H23N3O4/c1-17-7-9-18(10-8-17)23-22(24(30)21-15-19-5-2-3-6-20(19)33-21)25(31)26(32)29(23)13-4-12-28-14-11-27-16-28/h2-3,5-11,14-16,23,31H,4,12-13H2,1H3/t23-/m1/s1. The maximum absolute atomic E-state index is 13.5. The second-order valence-electron chi connectivity index (χ2n) is 8.21. The Hall–Kier alpha value is -4.13. The summed E-state index contributed by atoms with van der Waals surface area (Å²) in [5.41, 5.74) is 2.45. The Labute approximate surface area is 190 Å². The molecule has 7 nitrogen and oxygen atoms in total. The summed E-state index contributed by atoms with van der Waals surface area (Å²) in [5, 5.41) is 11.6. The van der Waals surface area contributed by atoms with Crippen LogP contribution in [0.1, 0.15) is 34.1 Å². The van der Waals surface area contributed by atoms with Gasteiger partial charge in [-0.3, -0.25) is 9.59 Å². The fourth-order valence-corrected chi connectivity index (χ4v) is 4.28. The summed E-state index contributed by atoms with van der Waals surface area (Å²) in [7, 11) is 0. The van der Waals surface area contributed by atoms with Gasteiger partial charge in [0.25, 0.3) is 5.91 Å². The highest BCUT2D eigenvalue weighted by molar-refractivity contribution is 6.16. The molecule has 1 N–H and O–H groups in total. The van der Waals surface area contributed by atoms with Gasteiger partial charge in [-0.1, -0.05) is 48.0 Å². The molecule has 2 aromatic heterocycles. The zero-order valence-corrected chi connectivity index (χ0v) is 18.1. The lowest BCUT2D eigenvalue weighted by Crippen LogP contribution is -2.32. The van der Waals surface area contributed by atoms with Crippen LogP contribution >= 0.6 is 0 Å². The number of carbonyl (C=O) groups excluding carboxylic acids is 2. The first-order chi connectivity index (χ1) is 16.0. The highest BCUT2D eigenvalue weighted by Crippen LogP contribution is 2.39. The monoisotopic (exact) mass is 441 g/mol. The molecule has 1 amide bonds. The number of fused-ring (bicyclic) bond motifs is 1. The number of hydrogen-bond donors (Lipinski definition) is 1. The number of para-hydroxylation sites is 1. The highest BCUT2D eigenvalue weighted by atomic mass is 16.3. The van der Waals surface area contributed by atoms with Crippen molar-refractivity contribution in [2.45, 2.75) is 25.9 Å². The van der Waals surface area contributed by atoms with Crippen molar-refractivity contribution < 1.29 is 19.1 Å². The molecule has 0 unspecified atom stereocenters. The third-order valence-corrected chi connectivity index (χ3v) is 5.97. The van der Waals surface area contributed by atoms with Gasteiger partial charge in [0.15, 0.2) is 11.5 Å². The van der Waals surface area contributed by atoms with Crippen LogP contribution in [0.2, 0.25) is 0 Å². The summed E-state index contributed by atoms with van der Waals surface area (Å²) in [6, 6.07) is 15.9. The predicted octanol–water partition coefficient (Wildman–Crippen LogP) is 4.61. The number of Topliss-reactive ketones (excluding diaryl/α,β-unsaturated/α-hetero) is 1. The molecule has 7 heteroatoms. The second-order valence-corrected chi connectivity index (χ2v) is 8.21. The van der Waals surface area contributed by atoms with Gasteiger partial charge < -0.3 is 19.0 Å². The van der Waals surface area contributed by atoms with Gasteiger partial charge in [-0.15, -0.1) is 0 Å². The lowest BCUT2D eigenvalue weighted by molar-refractivity contribution is -0.129. The van der Waals surface area contributed by atoms with E-state index in [9.17, 15) is 14.7 Å². The molecule has 166 valence electrons. The van der Waals surface area contributed by atoms with E-state index in [0.717, 1.165) is 16.5 Å². The molecule has 0 bridgehead atoms. The third kappa shape index (κ3) is 3.82. The number of aliphatic hydroxyl groups is 1. The molecule has 0 aliphatic carbocycles. The van der Waals surface area contributed by atoms with E-state index < -0.39 is 23.5 Å². The van der Waals surface area contributed by atoms with Gasteiger partial charge in [-0.2, -0.15) is 0 Å². The van der Waals surface area contributed by atoms with Gasteiger partial charge in [-0.05, 0) is 31.0 Å². The average Bonchev–Trinajstić information content (AvgIpc) is 3.54. The molecule has 0 saturated carbocycles. The number of furan rings is 1. The third-order valence-electron chi connectivity index (χ3n) is 5.97. The lowest BCUT2D eigenvalue weighted by Gasteiger charge is -2.27. The van der Waals surface area contributed by atoms with Crippen LogP contribution in [0.15, 0.2) is 89.1 Å². The van der Waals surface area contributed by atoms with Crippen LogP contribution in [0.3, 0.4) is 0 Å². The van der Waals surface area contributed by atoms with E-state index in [1.54, 1.807) is 29.6 Å². The number of aliphatic hydroxyl groups excluding tert-OH is 1. The zero-order chi connectivity index (χ0) is 22.9. The number of aryl methyl sites for hydroxylation is 2. The number of amides is 1. The summed E-state index contributed by atoms with van der Waals surface area (Å²) < 4.78 is 7.69. The van der Waals surface area contributed by atoms with E-state index >= 15 is 0 Å². The molecule has 0 saturated heterocycles. The Morgan fingerprint density at radius 1 is 1.12 bits per heavy atom. The first kappa shape index (κ1) is 20.8. The molecule has 3 heterocycles. The van der Waals surface area contributed by atoms with Gasteiger partial charge in [0, 0.05) is 30.9 Å². The molecule has 33 heavy (non-hydrogen) atoms. The molecule has 2 aromatic carbocycles. The number of hydrogen-bond acceptors (Lipinski definition) is 5. The van der Waals surface area contributed by atoms with Gasteiger partial charge in [0.05, 0.1) is 17.9 Å². The van der Waals surface area contributed by atoms with Crippen molar-refractivity contribution in [1.82, 2.24) is 14.5 Å². The number of ketones is 1. The van der Waals surface area contributed by atoms with Gasteiger partial charge >= 0.3 is 0 Å². The largest absolute Gasteiger partial charge is 0.503 e. The first-order valence-electron chi connectivity index (χ1n) is 10.8. The smallest absolute Gasteiger partial charge is 0.290 e. The van der Waals surface area contributed by atoms with Crippen molar-refractivity contribution in [2.24, 2.45) is 0 Å². The van der Waals surface area contributed by atoms with Crippen molar-refractivity contribution in [2.75, 3.05) is 6.54 Å². The molecule has 5 rings (SSSR count). The van der Waals surface area contributed by atoms with Gasteiger partial charge in [0.2, 0.25) is 5.78 Å². The van der Waals surface area contributed by atoms with Crippen molar-refractivity contribution in [3.8, 4) is 0 Å². The quantitative estimate of drug-likeness (QED) is 0.423. The maximum Gasteiger partial charge on any atom is 0.290 e. The van der Waals surface area contributed by atoms with Crippen molar-refractivity contribution in [3.63, 3.8) is 0 Å². The molecule has 4 aromatic rings. The molecule has 1 atom stereocenters. The maximum atomic E-state index is 13.5. The van der Waals surface area contributed by atoms with Gasteiger partial charge in [0.1, 0.15) is 5.58 Å². The summed E-state index contributed by atoms with van der Waals surface area (Å²) in [6.07, 6.45) is 5.92. The van der Waals surface area contributed by atoms with E-state index in [2.05, 4.69) is 4.98 Å². The second kappa shape index (κ2) is 8.43. The SMILES string of the molecule is Cc1ccc([C@@H]2C(C(=O)c3cc4ccccc4o3)=C(O)C(=O)N2CCCn2ccnc2)cc1. The summed E-state index contributed by atoms with van der Waals surface area (Å²) >= 11 is 0. The predicted molar refractivity (Wildman–Crippen MR) is 123 cm³/mol. The minimum absolute atomic E-state index is 0.0468. The summed E-state index contributed by atoms with van der Waals surface area (Å²) in [6.45, 7) is 3.01. The van der Waals surface area contributed by atoms with E-state index in [1.807, 2.05) is 60.2 Å². The zero-order valence-electron chi connectivity index (χ0n) is 18.1. The normalized spacial score (nSPS) is 16.2. The fourth-order valence-electron chi connectivity index (χ4n) is 4.28. The van der Waals surface area contributed by atoms with E-state index in [4.69, 9.17) is 4.42 Å². The van der Waals surface area contributed by atoms with Crippen LogP contribution in [0.25, 0.3) is 11.0 Å². The molecule has 0 radical (unpaired) electrons. The van der Waals surface area contributed by atoms with Crippen LogP contribution in [-0.2, 0) is 11.3 Å². The van der Waals surface area contributed by atoms with Crippen LogP contribution in [0.4, 0.5) is 0 Å². The number of imidazole rings is 1. The topological polar surface area (TPSA) is 88.6 Å². The number of rotatable bonds is 7. The summed E-state index contributed by atoms with van der Waals surface area (Å²) in [5.74, 6) is -1.46. The molecule has 1 aliphatic heterocycles. The van der Waals surface area contributed by atoms with Gasteiger partial charge in [-0.25, -0.2) is 4.98 Å². The number of nitrogens with zero attached hydrogens (tertiary/aromatic N) is 3. The summed E-state index contributed by atoms with van der Waals surface area (Å²) in [4.78, 5) is 32.2. The Kier molecular flexibility index (Phi) is 5.30. The fraction of sp³-hybridized carbons (Fsp3) is 0.192. The number of aromatic nitrogens is 2. The van der Waals surface area contributed by atoms with E-state index in [0.29, 0.717) is 25.1 Å². The van der Waals surface area contributed by atoms with Crippen LogP contribution in [0, 0.1) is 6.92 Å². The Morgan fingerprint density at radius 3 is 2.64 bits per heavy atom. The van der Waals surface area contributed by atoms with E-state index in [-0.39, 0.29) is 11.3 Å². The molecule has 1 aliphatic rings. The average molecular weight is 441 g/mol. The van der Waals surface area contributed by atoms with Crippen LogP contribution in [-0.4, -0.2) is 37.8 Å². The minimum atomic E-state index is -0.693. The molecular weight excluding hydrogens is 418 g/mol.